The van der Waals surface area contributed by atoms with E-state index < -0.39 is 22.5 Å². The zero-order valence-corrected chi connectivity index (χ0v) is 11.2. The van der Waals surface area contributed by atoms with Crippen LogP contribution in [0.4, 0.5) is 16.3 Å². The van der Waals surface area contributed by atoms with Crippen molar-refractivity contribution in [1.29, 1.82) is 0 Å². The van der Waals surface area contributed by atoms with Crippen LogP contribution in [0.5, 0.6) is 0 Å². The van der Waals surface area contributed by atoms with E-state index in [0.717, 1.165) is 12.1 Å². The van der Waals surface area contributed by atoms with Crippen LogP contribution in [0, 0.1) is 15.9 Å². The maximum Gasteiger partial charge on any atom is 0.433 e. The van der Waals surface area contributed by atoms with E-state index in [9.17, 15) is 19.3 Å². The molecular weight excluding hydrogens is 311 g/mol. The lowest BCUT2D eigenvalue weighted by Crippen LogP contribution is -2.11. The van der Waals surface area contributed by atoms with Crippen molar-refractivity contribution in [3.63, 3.8) is 0 Å². The van der Waals surface area contributed by atoms with Gasteiger partial charge in [-0.15, -0.1) is 5.10 Å². The molecule has 0 atom stereocenters. The van der Waals surface area contributed by atoms with Gasteiger partial charge in [0.05, 0.1) is 6.07 Å². The average Bonchev–Trinajstić information content (AvgIpc) is 3.17. The van der Waals surface area contributed by atoms with Crippen LogP contribution in [-0.2, 0) is 0 Å². The van der Waals surface area contributed by atoms with Crippen LogP contribution in [0.1, 0.15) is 10.6 Å². The Hall–Kier alpha value is -3.56. The second-order valence-electron chi connectivity index (χ2n) is 4.27. The van der Waals surface area contributed by atoms with E-state index in [4.69, 9.17) is 8.83 Å². The number of halogens is 1. The summed E-state index contributed by atoms with van der Waals surface area (Å²) in [4.78, 5) is 21.6. The summed E-state index contributed by atoms with van der Waals surface area (Å²) >= 11 is 0. The molecule has 0 aliphatic rings. The Labute approximate surface area is 126 Å². The molecule has 1 aromatic carbocycles. The van der Waals surface area contributed by atoms with Crippen molar-refractivity contribution in [3.05, 3.63) is 58.1 Å². The van der Waals surface area contributed by atoms with Crippen LogP contribution >= 0.6 is 0 Å². The van der Waals surface area contributed by atoms with Gasteiger partial charge in [-0.25, -0.2) is 4.39 Å². The number of rotatable bonds is 4. The number of furan rings is 1. The molecule has 10 heteroatoms. The van der Waals surface area contributed by atoms with E-state index >= 15 is 0 Å². The van der Waals surface area contributed by atoms with Crippen molar-refractivity contribution >= 4 is 17.8 Å². The largest absolute Gasteiger partial charge is 0.433 e. The van der Waals surface area contributed by atoms with Crippen LogP contribution in [0.25, 0.3) is 11.5 Å². The maximum atomic E-state index is 12.8. The highest BCUT2D eigenvalue weighted by Crippen LogP contribution is 2.21. The molecular formula is C13H7FN4O5. The molecule has 0 saturated heterocycles. The third-order valence-corrected chi connectivity index (χ3v) is 2.73. The minimum Gasteiger partial charge on any atom is -0.403 e. The molecule has 0 radical (unpaired) electrons. The van der Waals surface area contributed by atoms with Crippen LogP contribution in [-0.4, -0.2) is 21.0 Å². The minimum atomic E-state index is -0.785. The van der Waals surface area contributed by atoms with Gasteiger partial charge in [0.2, 0.25) is 5.89 Å². The van der Waals surface area contributed by atoms with Gasteiger partial charge in [-0.05, 0) is 30.3 Å². The fourth-order valence-corrected chi connectivity index (χ4v) is 1.69. The monoisotopic (exact) mass is 318 g/mol. The number of amides is 1. The lowest BCUT2D eigenvalue weighted by atomic mass is 10.2. The van der Waals surface area contributed by atoms with Crippen molar-refractivity contribution in [2.24, 2.45) is 0 Å². The molecule has 0 aliphatic heterocycles. The van der Waals surface area contributed by atoms with Crippen molar-refractivity contribution < 1.29 is 22.9 Å². The molecule has 0 saturated carbocycles. The first-order chi connectivity index (χ1) is 11.0. The standard InChI is InChI=1S/C13H7FN4O5/c14-8-3-1-7(2-4-8)12-16-17-13(23-12)15-11(19)9-5-6-10(22-9)18(20)21/h1-6H,(H,15,17,19). The number of aromatic nitrogens is 2. The van der Waals surface area contributed by atoms with Gasteiger partial charge in [0.25, 0.3) is 5.91 Å². The van der Waals surface area contributed by atoms with Gasteiger partial charge in [-0.1, -0.05) is 5.10 Å². The van der Waals surface area contributed by atoms with E-state index in [1.54, 1.807) is 0 Å². The van der Waals surface area contributed by atoms with E-state index in [1.807, 2.05) is 0 Å². The zero-order valence-electron chi connectivity index (χ0n) is 11.2. The Kier molecular flexibility index (Phi) is 3.55. The molecule has 1 N–H and O–H groups in total. The molecule has 2 heterocycles. The van der Waals surface area contributed by atoms with E-state index in [-0.39, 0.29) is 17.7 Å². The average molecular weight is 318 g/mol. The first kappa shape index (κ1) is 14.4. The second kappa shape index (κ2) is 5.67. The molecule has 0 unspecified atom stereocenters. The molecule has 3 rings (SSSR count). The van der Waals surface area contributed by atoms with Crippen molar-refractivity contribution in [2.45, 2.75) is 0 Å². The molecule has 116 valence electrons. The van der Waals surface area contributed by atoms with E-state index in [1.165, 1.54) is 24.3 Å². The Morgan fingerprint density at radius 2 is 1.87 bits per heavy atom. The fraction of sp³-hybridized carbons (Fsp3) is 0. The van der Waals surface area contributed by atoms with Crippen LogP contribution < -0.4 is 5.32 Å². The third kappa shape index (κ3) is 3.05. The summed E-state index contributed by atoms with van der Waals surface area (Å²) in [6.07, 6.45) is 0. The molecule has 0 aliphatic carbocycles. The van der Waals surface area contributed by atoms with Crippen LogP contribution in [0.15, 0.2) is 45.2 Å². The number of nitro groups is 1. The third-order valence-electron chi connectivity index (χ3n) is 2.73. The van der Waals surface area contributed by atoms with Gasteiger partial charge in [0.15, 0.2) is 5.76 Å². The number of hydrogen-bond acceptors (Lipinski definition) is 7. The summed E-state index contributed by atoms with van der Waals surface area (Å²) in [5.74, 6) is -1.97. The number of carbonyl (C=O) groups is 1. The molecule has 0 spiro atoms. The molecule has 9 nitrogen and oxygen atoms in total. The maximum absolute atomic E-state index is 12.8. The summed E-state index contributed by atoms with van der Waals surface area (Å²) < 4.78 is 22.8. The summed E-state index contributed by atoms with van der Waals surface area (Å²) in [5.41, 5.74) is 0.466. The van der Waals surface area contributed by atoms with Gasteiger partial charge in [-0.3, -0.25) is 20.2 Å². The summed E-state index contributed by atoms with van der Waals surface area (Å²) in [7, 11) is 0. The van der Waals surface area contributed by atoms with Gasteiger partial charge in [0, 0.05) is 5.56 Å². The van der Waals surface area contributed by atoms with Crippen molar-refractivity contribution in [1.82, 2.24) is 10.2 Å². The summed E-state index contributed by atoms with van der Waals surface area (Å²) in [6, 6.07) is 7.28. The number of nitrogens with zero attached hydrogens (tertiary/aromatic N) is 3. The Morgan fingerprint density at radius 3 is 2.52 bits per heavy atom. The Balaban J connectivity index is 1.74. The number of nitrogens with one attached hydrogen (secondary N) is 1. The first-order valence-corrected chi connectivity index (χ1v) is 6.18. The fourth-order valence-electron chi connectivity index (χ4n) is 1.69. The smallest absolute Gasteiger partial charge is 0.403 e. The van der Waals surface area contributed by atoms with E-state index in [0.29, 0.717) is 5.56 Å². The highest BCUT2D eigenvalue weighted by molar-refractivity contribution is 6.01. The highest BCUT2D eigenvalue weighted by Gasteiger charge is 2.19. The second-order valence-corrected chi connectivity index (χ2v) is 4.27. The molecule has 1 amide bonds. The van der Waals surface area contributed by atoms with Gasteiger partial charge < -0.3 is 8.83 Å². The van der Waals surface area contributed by atoms with Crippen LogP contribution in [0.2, 0.25) is 0 Å². The predicted octanol–water partition coefficient (Wildman–Crippen LogP) is 2.63. The molecule has 23 heavy (non-hydrogen) atoms. The quantitative estimate of drug-likeness (QED) is 0.579. The predicted molar refractivity (Wildman–Crippen MR) is 73.0 cm³/mol. The number of carbonyl (C=O) groups excluding carboxylic acids is 1. The first-order valence-electron chi connectivity index (χ1n) is 6.18. The molecule has 2 aromatic heterocycles. The Morgan fingerprint density at radius 1 is 1.13 bits per heavy atom. The van der Waals surface area contributed by atoms with Gasteiger partial charge >= 0.3 is 11.9 Å². The number of benzene rings is 1. The minimum absolute atomic E-state index is 0.0747. The molecule has 0 fully saturated rings. The summed E-state index contributed by atoms with van der Waals surface area (Å²) in [6.45, 7) is 0. The van der Waals surface area contributed by atoms with Crippen LogP contribution in [0.3, 0.4) is 0 Å². The number of hydrogen-bond donors (Lipinski definition) is 1. The zero-order chi connectivity index (χ0) is 16.4. The SMILES string of the molecule is O=C(Nc1nnc(-c2ccc(F)cc2)o1)c1ccc([N+](=O)[O-])o1. The normalized spacial score (nSPS) is 10.5. The van der Waals surface area contributed by atoms with Gasteiger partial charge in [0.1, 0.15) is 10.7 Å². The molecule has 3 aromatic rings. The van der Waals surface area contributed by atoms with Crippen molar-refractivity contribution in [2.75, 3.05) is 5.32 Å². The highest BCUT2D eigenvalue weighted by atomic mass is 19.1. The topological polar surface area (TPSA) is 124 Å². The van der Waals surface area contributed by atoms with Crippen molar-refractivity contribution in [3.8, 4) is 11.5 Å². The number of anilines is 1. The Bertz CT molecular complexity index is 871. The van der Waals surface area contributed by atoms with Gasteiger partial charge in [-0.2, -0.15) is 0 Å². The molecule has 0 bridgehead atoms. The van der Waals surface area contributed by atoms with E-state index in [2.05, 4.69) is 15.5 Å². The lowest BCUT2D eigenvalue weighted by molar-refractivity contribution is -0.402. The summed E-state index contributed by atoms with van der Waals surface area (Å²) in [5, 5.41) is 20.0. The lowest BCUT2D eigenvalue weighted by Gasteiger charge is -1.96.